The Bertz CT molecular complexity index is 94.9. The van der Waals surface area contributed by atoms with Crippen LogP contribution in [0, 0.1) is 5.92 Å². The second-order valence-electron chi connectivity index (χ2n) is 2.97. The summed E-state index contributed by atoms with van der Waals surface area (Å²) in [5, 5.41) is 0. The molecule has 0 aromatic rings. The van der Waals surface area contributed by atoms with Crippen molar-refractivity contribution >= 4 is 0 Å². The van der Waals surface area contributed by atoms with Crippen LogP contribution in [0.5, 0.6) is 0 Å². The molecule has 2 atom stereocenters. The smallest absolute Gasteiger partial charge is 0.0735 e. The first-order valence-electron chi connectivity index (χ1n) is 3.45. The van der Waals surface area contributed by atoms with Gasteiger partial charge in [0.15, 0.2) is 0 Å². The van der Waals surface area contributed by atoms with Crippen molar-refractivity contribution in [1.29, 1.82) is 0 Å². The molecule has 54 valence electrons. The Hall–Kier alpha value is -0.0800. The van der Waals surface area contributed by atoms with Gasteiger partial charge in [-0.1, -0.05) is 6.92 Å². The third-order valence-electron chi connectivity index (χ3n) is 2.03. The van der Waals surface area contributed by atoms with Crippen molar-refractivity contribution in [3.63, 3.8) is 0 Å². The first-order valence-corrected chi connectivity index (χ1v) is 3.45. The highest BCUT2D eigenvalue weighted by Gasteiger charge is 2.26. The van der Waals surface area contributed by atoms with Gasteiger partial charge >= 0.3 is 0 Å². The molecule has 1 rings (SSSR count). The highest BCUT2D eigenvalue weighted by molar-refractivity contribution is 4.79. The molecule has 0 saturated carbocycles. The normalized spacial score (nSPS) is 37.7. The summed E-state index contributed by atoms with van der Waals surface area (Å²) in [6.45, 7) is 4.51. The Labute approximate surface area is 56.8 Å². The van der Waals surface area contributed by atoms with Crippen LogP contribution < -0.4 is 0 Å². The molecule has 1 aliphatic heterocycles. The van der Waals surface area contributed by atoms with E-state index in [2.05, 4.69) is 18.9 Å². The molecule has 1 saturated heterocycles. The molecular formula is C7H15NO. The SMILES string of the molecule is COC1CN(C)CC1C. The van der Waals surface area contributed by atoms with Crippen LogP contribution in [0.1, 0.15) is 6.92 Å². The number of likely N-dealkylation sites (N-methyl/N-ethyl adjacent to an activating group) is 1. The molecule has 0 spiro atoms. The van der Waals surface area contributed by atoms with Gasteiger partial charge in [-0.25, -0.2) is 0 Å². The Morgan fingerprint density at radius 3 is 2.33 bits per heavy atom. The number of hydrogen-bond acceptors (Lipinski definition) is 2. The minimum atomic E-state index is 0.468. The fraction of sp³-hybridized carbons (Fsp3) is 1.00. The van der Waals surface area contributed by atoms with Gasteiger partial charge in [0.25, 0.3) is 0 Å². The average molecular weight is 129 g/mol. The molecule has 0 bridgehead atoms. The first-order chi connectivity index (χ1) is 4.24. The van der Waals surface area contributed by atoms with E-state index >= 15 is 0 Å². The van der Waals surface area contributed by atoms with E-state index in [1.54, 1.807) is 7.11 Å². The second-order valence-corrected chi connectivity index (χ2v) is 2.97. The molecule has 0 aliphatic carbocycles. The van der Waals surface area contributed by atoms with Gasteiger partial charge in [0.05, 0.1) is 6.10 Å². The number of likely N-dealkylation sites (tertiary alicyclic amines) is 1. The van der Waals surface area contributed by atoms with Crippen LogP contribution in [0.15, 0.2) is 0 Å². The topological polar surface area (TPSA) is 12.5 Å². The Balaban J connectivity index is 2.38. The fourth-order valence-corrected chi connectivity index (χ4v) is 1.48. The summed E-state index contributed by atoms with van der Waals surface area (Å²) < 4.78 is 5.25. The van der Waals surface area contributed by atoms with Gasteiger partial charge in [0.2, 0.25) is 0 Å². The van der Waals surface area contributed by atoms with Crippen molar-refractivity contribution in [2.45, 2.75) is 13.0 Å². The maximum atomic E-state index is 5.25. The van der Waals surface area contributed by atoms with E-state index in [-0.39, 0.29) is 0 Å². The van der Waals surface area contributed by atoms with Gasteiger partial charge in [-0.3, -0.25) is 0 Å². The molecule has 2 nitrogen and oxygen atoms in total. The number of rotatable bonds is 1. The molecule has 0 N–H and O–H groups in total. The molecule has 0 aromatic heterocycles. The van der Waals surface area contributed by atoms with Crippen molar-refractivity contribution < 1.29 is 4.74 Å². The number of nitrogens with zero attached hydrogens (tertiary/aromatic N) is 1. The van der Waals surface area contributed by atoms with Crippen LogP contribution in [0.4, 0.5) is 0 Å². The number of ether oxygens (including phenoxy) is 1. The summed E-state index contributed by atoms with van der Waals surface area (Å²) in [5.41, 5.74) is 0. The molecule has 0 amide bonds. The fourth-order valence-electron chi connectivity index (χ4n) is 1.48. The molecule has 1 fully saturated rings. The number of methoxy groups -OCH3 is 1. The van der Waals surface area contributed by atoms with Crippen LogP contribution in [0.2, 0.25) is 0 Å². The lowest BCUT2D eigenvalue weighted by Crippen LogP contribution is -2.19. The minimum Gasteiger partial charge on any atom is -0.380 e. The summed E-state index contributed by atoms with van der Waals surface area (Å²) in [6, 6.07) is 0. The van der Waals surface area contributed by atoms with E-state index in [4.69, 9.17) is 4.74 Å². The van der Waals surface area contributed by atoms with Gasteiger partial charge in [0, 0.05) is 20.2 Å². The van der Waals surface area contributed by atoms with Crippen molar-refractivity contribution in [2.75, 3.05) is 27.2 Å². The molecule has 2 heteroatoms. The first kappa shape index (κ1) is 7.03. The summed E-state index contributed by atoms with van der Waals surface area (Å²) >= 11 is 0. The third kappa shape index (κ3) is 1.43. The lowest BCUT2D eigenvalue weighted by molar-refractivity contribution is 0.0851. The minimum absolute atomic E-state index is 0.468. The third-order valence-corrected chi connectivity index (χ3v) is 2.03. The summed E-state index contributed by atoms with van der Waals surface area (Å²) in [4.78, 5) is 2.30. The van der Waals surface area contributed by atoms with Crippen LogP contribution in [-0.2, 0) is 4.74 Å². The van der Waals surface area contributed by atoms with Gasteiger partial charge in [-0.2, -0.15) is 0 Å². The monoisotopic (exact) mass is 129 g/mol. The van der Waals surface area contributed by atoms with Gasteiger partial charge < -0.3 is 9.64 Å². The Morgan fingerprint density at radius 2 is 2.11 bits per heavy atom. The lowest BCUT2D eigenvalue weighted by Gasteiger charge is -2.10. The zero-order valence-electron chi connectivity index (χ0n) is 6.42. The largest absolute Gasteiger partial charge is 0.380 e. The van der Waals surface area contributed by atoms with E-state index in [1.807, 2.05) is 0 Å². The Morgan fingerprint density at radius 1 is 1.44 bits per heavy atom. The van der Waals surface area contributed by atoms with E-state index < -0.39 is 0 Å². The predicted octanol–water partition coefficient (Wildman–Crippen LogP) is 0.583. The van der Waals surface area contributed by atoms with Gasteiger partial charge in [0.1, 0.15) is 0 Å². The predicted molar refractivity (Wildman–Crippen MR) is 37.5 cm³/mol. The standard InChI is InChI=1S/C7H15NO/c1-6-4-8(2)5-7(6)9-3/h6-7H,4-5H2,1-3H3. The van der Waals surface area contributed by atoms with Gasteiger partial charge in [-0.05, 0) is 13.0 Å². The van der Waals surface area contributed by atoms with E-state index in [0.29, 0.717) is 12.0 Å². The zero-order valence-corrected chi connectivity index (χ0v) is 6.42. The van der Waals surface area contributed by atoms with Crippen molar-refractivity contribution in [3.8, 4) is 0 Å². The quantitative estimate of drug-likeness (QED) is 0.513. The molecule has 0 radical (unpaired) electrons. The maximum Gasteiger partial charge on any atom is 0.0735 e. The lowest BCUT2D eigenvalue weighted by atomic mass is 10.1. The molecule has 1 aliphatic rings. The molecular weight excluding hydrogens is 114 g/mol. The highest BCUT2D eigenvalue weighted by Crippen LogP contribution is 2.16. The van der Waals surface area contributed by atoms with Crippen LogP contribution in [0.25, 0.3) is 0 Å². The molecule has 1 heterocycles. The second kappa shape index (κ2) is 2.67. The summed E-state index contributed by atoms with van der Waals surface area (Å²) in [6.07, 6.45) is 0.468. The van der Waals surface area contributed by atoms with E-state index in [9.17, 15) is 0 Å². The van der Waals surface area contributed by atoms with Crippen molar-refractivity contribution in [2.24, 2.45) is 5.92 Å². The highest BCUT2D eigenvalue weighted by atomic mass is 16.5. The van der Waals surface area contributed by atoms with Crippen LogP contribution in [0.3, 0.4) is 0 Å². The van der Waals surface area contributed by atoms with Crippen LogP contribution >= 0.6 is 0 Å². The molecule has 0 aromatic carbocycles. The maximum absolute atomic E-state index is 5.25. The summed E-state index contributed by atoms with van der Waals surface area (Å²) in [5.74, 6) is 0.708. The van der Waals surface area contributed by atoms with E-state index in [1.165, 1.54) is 6.54 Å². The average Bonchev–Trinajstić information content (AvgIpc) is 2.10. The van der Waals surface area contributed by atoms with Crippen LogP contribution in [-0.4, -0.2) is 38.3 Å². The number of hydrogen-bond donors (Lipinski definition) is 0. The molecule has 2 unspecified atom stereocenters. The van der Waals surface area contributed by atoms with Gasteiger partial charge in [-0.15, -0.1) is 0 Å². The zero-order chi connectivity index (χ0) is 6.85. The van der Waals surface area contributed by atoms with Crippen molar-refractivity contribution in [3.05, 3.63) is 0 Å². The Kier molecular flexibility index (Phi) is 2.09. The van der Waals surface area contributed by atoms with Crippen molar-refractivity contribution in [1.82, 2.24) is 4.90 Å². The molecule has 9 heavy (non-hydrogen) atoms. The summed E-state index contributed by atoms with van der Waals surface area (Å²) in [7, 11) is 3.93. The van der Waals surface area contributed by atoms with E-state index in [0.717, 1.165) is 6.54 Å².